The molecule has 2 aromatic rings. The molecule has 0 N–H and O–H groups in total. The van der Waals surface area contributed by atoms with E-state index in [1.165, 1.54) is 0 Å². The lowest BCUT2D eigenvalue weighted by molar-refractivity contribution is 0.412. The third-order valence-electron chi connectivity index (χ3n) is 2.30. The van der Waals surface area contributed by atoms with Crippen LogP contribution < -0.4 is 9.47 Å². The van der Waals surface area contributed by atoms with Gasteiger partial charge in [0.2, 0.25) is 5.88 Å². The first-order valence-corrected chi connectivity index (χ1v) is 5.92. The van der Waals surface area contributed by atoms with Crippen molar-refractivity contribution in [2.24, 2.45) is 0 Å². The van der Waals surface area contributed by atoms with Crippen molar-refractivity contribution in [3.63, 3.8) is 0 Å². The molecule has 1 aromatic carbocycles. The monoisotopic (exact) mass is 293 g/mol. The van der Waals surface area contributed by atoms with Crippen molar-refractivity contribution in [2.45, 2.75) is 6.92 Å². The molecular formula is C13H12BrNO2. The van der Waals surface area contributed by atoms with Gasteiger partial charge >= 0.3 is 0 Å². The highest BCUT2D eigenvalue weighted by atomic mass is 79.9. The van der Waals surface area contributed by atoms with Crippen LogP contribution >= 0.6 is 15.9 Å². The largest absolute Gasteiger partial charge is 0.497 e. The van der Waals surface area contributed by atoms with E-state index in [0.29, 0.717) is 5.88 Å². The summed E-state index contributed by atoms with van der Waals surface area (Å²) in [4.78, 5) is 4.18. The number of aryl methyl sites for hydroxylation is 1. The highest BCUT2D eigenvalue weighted by Crippen LogP contribution is 2.25. The summed E-state index contributed by atoms with van der Waals surface area (Å²) < 4.78 is 11.7. The molecule has 0 radical (unpaired) electrons. The van der Waals surface area contributed by atoms with Gasteiger partial charge in [0.1, 0.15) is 11.5 Å². The van der Waals surface area contributed by atoms with Crippen LogP contribution in [0.5, 0.6) is 17.4 Å². The summed E-state index contributed by atoms with van der Waals surface area (Å²) in [6.07, 6.45) is 1.73. The first-order chi connectivity index (χ1) is 8.19. The molecule has 0 amide bonds. The molecule has 0 bridgehead atoms. The second kappa shape index (κ2) is 5.19. The van der Waals surface area contributed by atoms with E-state index in [2.05, 4.69) is 20.9 Å². The Labute approximate surface area is 109 Å². The molecule has 0 spiro atoms. The van der Waals surface area contributed by atoms with Crippen molar-refractivity contribution in [3.8, 4) is 17.4 Å². The molecule has 0 atom stereocenters. The molecule has 17 heavy (non-hydrogen) atoms. The Balaban J connectivity index is 2.16. The lowest BCUT2D eigenvalue weighted by Crippen LogP contribution is -1.89. The van der Waals surface area contributed by atoms with Crippen LogP contribution in [-0.2, 0) is 0 Å². The highest BCUT2D eigenvalue weighted by molar-refractivity contribution is 9.10. The smallest absolute Gasteiger partial charge is 0.219 e. The van der Waals surface area contributed by atoms with E-state index in [4.69, 9.17) is 9.47 Å². The van der Waals surface area contributed by atoms with E-state index in [9.17, 15) is 0 Å². The predicted octanol–water partition coefficient (Wildman–Crippen LogP) is 3.95. The maximum atomic E-state index is 5.63. The molecule has 1 heterocycles. The molecule has 0 saturated heterocycles. The molecule has 0 fully saturated rings. The van der Waals surface area contributed by atoms with Gasteiger partial charge in [-0.3, -0.25) is 0 Å². The molecule has 88 valence electrons. The Morgan fingerprint density at radius 3 is 2.35 bits per heavy atom. The number of nitrogens with zero attached hydrogens (tertiary/aromatic N) is 1. The second-order valence-corrected chi connectivity index (χ2v) is 4.40. The average Bonchev–Trinajstić information content (AvgIpc) is 2.35. The lowest BCUT2D eigenvalue weighted by Gasteiger charge is -2.06. The van der Waals surface area contributed by atoms with E-state index in [1.54, 1.807) is 13.3 Å². The molecular weight excluding hydrogens is 282 g/mol. The highest BCUT2D eigenvalue weighted by Gasteiger charge is 2.02. The van der Waals surface area contributed by atoms with E-state index >= 15 is 0 Å². The fourth-order valence-corrected chi connectivity index (χ4v) is 1.55. The first-order valence-electron chi connectivity index (χ1n) is 5.13. The lowest BCUT2D eigenvalue weighted by atomic mass is 10.3. The van der Waals surface area contributed by atoms with Gasteiger partial charge < -0.3 is 9.47 Å². The molecule has 0 aliphatic heterocycles. The van der Waals surface area contributed by atoms with Gasteiger partial charge in [-0.05, 0) is 52.7 Å². The summed E-state index contributed by atoms with van der Waals surface area (Å²) in [5.41, 5.74) is 1.09. The number of hydrogen-bond donors (Lipinski definition) is 0. The molecule has 0 aliphatic carbocycles. The zero-order chi connectivity index (χ0) is 12.3. The molecule has 0 aliphatic rings. The standard InChI is InChI=1S/C13H12BrNO2/c1-9-7-13(15-8-12(9)14)17-11-5-3-10(16-2)4-6-11/h3-8H,1-2H3. The SMILES string of the molecule is COc1ccc(Oc2cc(C)c(Br)cn2)cc1. The molecule has 2 rings (SSSR count). The summed E-state index contributed by atoms with van der Waals surface area (Å²) in [7, 11) is 1.63. The van der Waals surface area contributed by atoms with E-state index < -0.39 is 0 Å². The summed E-state index contributed by atoms with van der Waals surface area (Å²) in [5.74, 6) is 2.12. The number of benzene rings is 1. The number of aromatic nitrogens is 1. The van der Waals surface area contributed by atoms with Gasteiger partial charge in [-0.15, -0.1) is 0 Å². The molecule has 0 saturated carbocycles. The third kappa shape index (κ3) is 2.97. The van der Waals surface area contributed by atoms with Crippen LogP contribution in [-0.4, -0.2) is 12.1 Å². The van der Waals surface area contributed by atoms with E-state index in [-0.39, 0.29) is 0 Å². The second-order valence-electron chi connectivity index (χ2n) is 3.55. The normalized spacial score (nSPS) is 10.1. The predicted molar refractivity (Wildman–Crippen MR) is 69.7 cm³/mol. The minimum atomic E-state index is 0.580. The summed E-state index contributed by atoms with van der Waals surface area (Å²) in [5, 5.41) is 0. The maximum absolute atomic E-state index is 5.63. The quantitative estimate of drug-likeness (QED) is 0.858. The number of rotatable bonds is 3. The van der Waals surface area contributed by atoms with E-state index in [1.807, 2.05) is 37.3 Å². The summed E-state index contributed by atoms with van der Waals surface area (Å²) >= 11 is 3.40. The number of hydrogen-bond acceptors (Lipinski definition) is 3. The third-order valence-corrected chi connectivity index (χ3v) is 3.13. The van der Waals surface area contributed by atoms with Gasteiger partial charge in [0.25, 0.3) is 0 Å². The van der Waals surface area contributed by atoms with Crippen LogP contribution in [0.1, 0.15) is 5.56 Å². The van der Waals surface area contributed by atoms with Crippen LogP contribution in [0.3, 0.4) is 0 Å². The number of pyridine rings is 1. The Kier molecular flexibility index (Phi) is 3.64. The van der Waals surface area contributed by atoms with Gasteiger partial charge in [-0.25, -0.2) is 4.98 Å². The van der Waals surface area contributed by atoms with Crippen molar-refractivity contribution >= 4 is 15.9 Å². The van der Waals surface area contributed by atoms with Gasteiger partial charge in [-0.1, -0.05) is 0 Å². The van der Waals surface area contributed by atoms with Gasteiger partial charge in [0, 0.05) is 16.7 Å². The van der Waals surface area contributed by atoms with Gasteiger partial charge in [0.15, 0.2) is 0 Å². The van der Waals surface area contributed by atoms with Crippen molar-refractivity contribution in [1.29, 1.82) is 0 Å². The van der Waals surface area contributed by atoms with Crippen molar-refractivity contribution < 1.29 is 9.47 Å². The molecule has 3 nitrogen and oxygen atoms in total. The zero-order valence-electron chi connectivity index (χ0n) is 9.61. The minimum Gasteiger partial charge on any atom is -0.497 e. The van der Waals surface area contributed by atoms with Crippen LogP contribution in [0, 0.1) is 6.92 Å². The van der Waals surface area contributed by atoms with Crippen LogP contribution in [0.4, 0.5) is 0 Å². The first kappa shape index (κ1) is 11.9. The zero-order valence-corrected chi connectivity index (χ0v) is 11.2. The van der Waals surface area contributed by atoms with Gasteiger partial charge in [-0.2, -0.15) is 0 Å². The Morgan fingerprint density at radius 1 is 1.12 bits per heavy atom. The molecule has 0 unspecified atom stereocenters. The molecule has 4 heteroatoms. The topological polar surface area (TPSA) is 31.4 Å². The van der Waals surface area contributed by atoms with Gasteiger partial charge in [0.05, 0.1) is 7.11 Å². The Morgan fingerprint density at radius 2 is 1.76 bits per heavy atom. The fourth-order valence-electron chi connectivity index (χ4n) is 1.33. The average molecular weight is 294 g/mol. The van der Waals surface area contributed by atoms with Crippen LogP contribution in [0.25, 0.3) is 0 Å². The van der Waals surface area contributed by atoms with Crippen LogP contribution in [0.15, 0.2) is 41.0 Å². The Bertz CT molecular complexity index is 511. The van der Waals surface area contributed by atoms with E-state index in [0.717, 1.165) is 21.5 Å². The number of ether oxygens (including phenoxy) is 2. The number of methoxy groups -OCH3 is 1. The number of halogens is 1. The van der Waals surface area contributed by atoms with Crippen LogP contribution in [0.2, 0.25) is 0 Å². The molecule has 1 aromatic heterocycles. The minimum absolute atomic E-state index is 0.580. The summed E-state index contributed by atoms with van der Waals surface area (Å²) in [6.45, 7) is 1.99. The maximum Gasteiger partial charge on any atom is 0.219 e. The van der Waals surface area contributed by atoms with Crippen molar-refractivity contribution in [1.82, 2.24) is 4.98 Å². The Hall–Kier alpha value is -1.55. The summed E-state index contributed by atoms with van der Waals surface area (Å²) in [6, 6.07) is 9.27. The fraction of sp³-hybridized carbons (Fsp3) is 0.154. The van der Waals surface area contributed by atoms with Crippen molar-refractivity contribution in [3.05, 3.63) is 46.6 Å². The van der Waals surface area contributed by atoms with Crippen molar-refractivity contribution in [2.75, 3.05) is 7.11 Å².